The first-order valence-corrected chi connectivity index (χ1v) is 8.75. The van der Waals surface area contributed by atoms with Gasteiger partial charge in [-0.15, -0.1) is 12.4 Å². The van der Waals surface area contributed by atoms with Crippen LogP contribution >= 0.6 is 12.4 Å². The molecular formula is C20H24ClN5O2. The van der Waals surface area contributed by atoms with Crippen molar-refractivity contribution >= 4 is 24.1 Å². The molecule has 0 aliphatic heterocycles. The summed E-state index contributed by atoms with van der Waals surface area (Å²) in [5.41, 5.74) is 10.0. The monoisotopic (exact) mass is 401 g/mol. The molecule has 0 radical (unpaired) electrons. The largest absolute Gasteiger partial charge is 0.477 e. The molecule has 2 aromatic heterocycles. The van der Waals surface area contributed by atoms with Gasteiger partial charge in [-0.2, -0.15) is 5.10 Å². The van der Waals surface area contributed by atoms with Crippen molar-refractivity contribution in [3.8, 4) is 22.5 Å². The highest BCUT2D eigenvalue weighted by Crippen LogP contribution is 2.26. The zero-order valence-corrected chi connectivity index (χ0v) is 16.7. The van der Waals surface area contributed by atoms with Crippen LogP contribution in [0.15, 0.2) is 48.7 Å². The summed E-state index contributed by atoms with van der Waals surface area (Å²) in [6.07, 6.45) is 2.38. The fourth-order valence-electron chi connectivity index (χ4n) is 2.82. The maximum Gasteiger partial charge on any atom is 0.354 e. The number of nitrogens with two attached hydrogens (primary N) is 1. The molecule has 0 saturated heterocycles. The summed E-state index contributed by atoms with van der Waals surface area (Å²) in [5, 5.41) is 13.9. The van der Waals surface area contributed by atoms with Crippen molar-refractivity contribution in [2.24, 2.45) is 5.73 Å². The molecule has 0 unspecified atom stereocenters. The van der Waals surface area contributed by atoms with E-state index in [2.05, 4.69) is 10.1 Å². The van der Waals surface area contributed by atoms with Crippen LogP contribution in [0.1, 0.15) is 16.9 Å². The van der Waals surface area contributed by atoms with Crippen molar-refractivity contribution in [2.75, 3.05) is 25.5 Å². The molecule has 0 aliphatic carbocycles. The molecule has 3 aromatic rings. The van der Waals surface area contributed by atoms with Gasteiger partial charge in [0.05, 0.1) is 11.4 Å². The van der Waals surface area contributed by atoms with Crippen molar-refractivity contribution < 1.29 is 9.90 Å². The standard InChI is InChI=1S/C20H23N5O2.ClH/c1-24(2)16-6-4-14(5-7-16)17-12-15(8-10-22-17)18-13-19(20(26)27)25(23-18)11-3-9-21;/h4-8,10,12-13H,3,9,11,21H2,1-2H3,(H,26,27);1H. The van der Waals surface area contributed by atoms with Gasteiger partial charge in [-0.05, 0) is 43.3 Å². The minimum Gasteiger partial charge on any atom is -0.477 e. The molecule has 7 nitrogen and oxygen atoms in total. The van der Waals surface area contributed by atoms with Gasteiger partial charge >= 0.3 is 5.97 Å². The Labute approximate surface area is 170 Å². The topological polar surface area (TPSA) is 97.3 Å². The number of hydrogen-bond donors (Lipinski definition) is 2. The van der Waals surface area contributed by atoms with Gasteiger partial charge in [0.25, 0.3) is 0 Å². The molecule has 0 bridgehead atoms. The molecule has 8 heteroatoms. The number of anilines is 1. The molecule has 1 aromatic carbocycles. The molecule has 148 valence electrons. The van der Waals surface area contributed by atoms with Gasteiger partial charge in [0.15, 0.2) is 0 Å². The zero-order valence-electron chi connectivity index (χ0n) is 15.9. The Kier molecular flexibility index (Phi) is 7.14. The van der Waals surface area contributed by atoms with Gasteiger partial charge in [-0.1, -0.05) is 12.1 Å². The fraction of sp³-hybridized carbons (Fsp3) is 0.250. The number of aromatic nitrogens is 3. The average Bonchev–Trinajstić information content (AvgIpc) is 3.11. The fourth-order valence-corrected chi connectivity index (χ4v) is 2.82. The van der Waals surface area contributed by atoms with Crippen LogP contribution in [0.2, 0.25) is 0 Å². The van der Waals surface area contributed by atoms with Gasteiger partial charge in [0, 0.05) is 43.7 Å². The van der Waals surface area contributed by atoms with Crippen molar-refractivity contribution in [3.63, 3.8) is 0 Å². The van der Waals surface area contributed by atoms with E-state index in [1.807, 2.05) is 55.4 Å². The smallest absolute Gasteiger partial charge is 0.354 e. The summed E-state index contributed by atoms with van der Waals surface area (Å²) in [4.78, 5) is 18.0. The number of halogens is 1. The quantitative estimate of drug-likeness (QED) is 0.631. The zero-order chi connectivity index (χ0) is 19.4. The lowest BCUT2D eigenvalue weighted by Crippen LogP contribution is -2.12. The first-order valence-electron chi connectivity index (χ1n) is 8.75. The van der Waals surface area contributed by atoms with Gasteiger partial charge in [-0.25, -0.2) is 4.79 Å². The van der Waals surface area contributed by atoms with E-state index in [9.17, 15) is 9.90 Å². The third-order valence-corrected chi connectivity index (χ3v) is 4.31. The second-order valence-electron chi connectivity index (χ2n) is 6.46. The Morgan fingerprint density at radius 3 is 2.43 bits per heavy atom. The summed E-state index contributed by atoms with van der Waals surface area (Å²) in [6.45, 7) is 0.957. The highest BCUT2D eigenvalue weighted by Gasteiger charge is 2.15. The van der Waals surface area contributed by atoms with E-state index in [1.165, 1.54) is 4.68 Å². The maximum absolute atomic E-state index is 11.5. The Morgan fingerprint density at radius 1 is 1.11 bits per heavy atom. The van der Waals surface area contributed by atoms with Crippen LogP contribution in [0.4, 0.5) is 5.69 Å². The Balaban J connectivity index is 0.00000280. The number of hydrogen-bond acceptors (Lipinski definition) is 5. The summed E-state index contributed by atoms with van der Waals surface area (Å²) >= 11 is 0. The highest BCUT2D eigenvalue weighted by atomic mass is 35.5. The van der Waals surface area contributed by atoms with Crippen LogP contribution in [-0.4, -0.2) is 46.5 Å². The number of nitrogens with zero attached hydrogens (tertiary/aromatic N) is 4. The number of carboxylic acid groups (broad SMARTS) is 1. The van der Waals surface area contributed by atoms with E-state index >= 15 is 0 Å². The lowest BCUT2D eigenvalue weighted by atomic mass is 10.1. The minimum absolute atomic E-state index is 0. The number of carboxylic acids is 1. The normalized spacial score (nSPS) is 10.4. The highest BCUT2D eigenvalue weighted by molar-refractivity contribution is 5.87. The third kappa shape index (κ3) is 4.68. The minimum atomic E-state index is -1.00. The molecule has 28 heavy (non-hydrogen) atoms. The number of carbonyl (C=O) groups is 1. The molecule has 0 spiro atoms. The molecule has 0 atom stereocenters. The van der Waals surface area contributed by atoms with Gasteiger partial charge in [-0.3, -0.25) is 9.67 Å². The van der Waals surface area contributed by atoms with E-state index in [4.69, 9.17) is 5.73 Å². The lowest BCUT2D eigenvalue weighted by Gasteiger charge is -2.12. The van der Waals surface area contributed by atoms with Crippen LogP contribution in [0.5, 0.6) is 0 Å². The van der Waals surface area contributed by atoms with E-state index < -0.39 is 5.97 Å². The average molecular weight is 402 g/mol. The second kappa shape index (κ2) is 9.34. The van der Waals surface area contributed by atoms with Crippen LogP contribution in [0.25, 0.3) is 22.5 Å². The summed E-state index contributed by atoms with van der Waals surface area (Å²) in [6, 6.07) is 13.5. The Morgan fingerprint density at radius 2 is 1.82 bits per heavy atom. The van der Waals surface area contributed by atoms with E-state index in [0.717, 1.165) is 22.5 Å². The van der Waals surface area contributed by atoms with Crippen LogP contribution in [-0.2, 0) is 6.54 Å². The van der Waals surface area contributed by atoms with Crippen LogP contribution in [0.3, 0.4) is 0 Å². The van der Waals surface area contributed by atoms with Crippen molar-refractivity contribution in [2.45, 2.75) is 13.0 Å². The lowest BCUT2D eigenvalue weighted by molar-refractivity contribution is 0.0683. The predicted molar refractivity (Wildman–Crippen MR) is 113 cm³/mol. The second-order valence-corrected chi connectivity index (χ2v) is 6.46. The van der Waals surface area contributed by atoms with Crippen molar-refractivity contribution in [1.29, 1.82) is 0 Å². The molecular weight excluding hydrogens is 378 g/mol. The SMILES string of the molecule is CN(C)c1ccc(-c2cc(-c3cc(C(=O)O)n(CCCN)n3)ccn2)cc1.Cl. The van der Waals surface area contributed by atoms with Gasteiger partial charge in [0.1, 0.15) is 5.69 Å². The molecule has 0 saturated carbocycles. The number of pyridine rings is 1. The third-order valence-electron chi connectivity index (χ3n) is 4.31. The first-order chi connectivity index (χ1) is 13.0. The summed E-state index contributed by atoms with van der Waals surface area (Å²) in [7, 11) is 3.99. The van der Waals surface area contributed by atoms with E-state index in [-0.39, 0.29) is 18.1 Å². The van der Waals surface area contributed by atoms with Crippen LogP contribution in [0, 0.1) is 0 Å². The molecule has 3 rings (SSSR count). The first kappa shape index (κ1) is 21.4. The Bertz CT molecular complexity index is 938. The molecule has 0 fully saturated rings. The van der Waals surface area contributed by atoms with Crippen molar-refractivity contribution in [1.82, 2.24) is 14.8 Å². The summed E-state index contributed by atoms with van der Waals surface area (Å²) < 4.78 is 1.50. The van der Waals surface area contributed by atoms with Gasteiger partial charge < -0.3 is 15.7 Å². The van der Waals surface area contributed by atoms with Crippen molar-refractivity contribution in [3.05, 3.63) is 54.4 Å². The predicted octanol–water partition coefficient (Wildman–Crippen LogP) is 3.15. The molecule has 0 amide bonds. The maximum atomic E-state index is 11.5. The Hall–Kier alpha value is -2.90. The number of aromatic carboxylic acids is 1. The number of rotatable bonds is 7. The number of benzene rings is 1. The van der Waals surface area contributed by atoms with E-state index in [1.54, 1.807) is 12.3 Å². The molecule has 3 N–H and O–H groups in total. The van der Waals surface area contributed by atoms with Crippen LogP contribution < -0.4 is 10.6 Å². The number of aryl methyl sites for hydroxylation is 1. The summed E-state index contributed by atoms with van der Waals surface area (Å²) in [5.74, 6) is -1.00. The molecule has 0 aliphatic rings. The van der Waals surface area contributed by atoms with E-state index in [0.29, 0.717) is 25.2 Å². The molecule has 2 heterocycles. The van der Waals surface area contributed by atoms with Gasteiger partial charge in [0.2, 0.25) is 0 Å².